The fourth-order valence-electron chi connectivity index (χ4n) is 3.81. The third-order valence-corrected chi connectivity index (χ3v) is 5.13. The fraction of sp³-hybridized carbons (Fsp3) is 0.375. The summed E-state index contributed by atoms with van der Waals surface area (Å²) in [5, 5.41) is 2.96. The first kappa shape index (κ1) is 20.0. The van der Waals surface area contributed by atoms with Gasteiger partial charge in [0.05, 0.1) is 6.67 Å². The van der Waals surface area contributed by atoms with Gasteiger partial charge in [-0.05, 0) is 56.0 Å². The van der Waals surface area contributed by atoms with Crippen LogP contribution < -0.4 is 10.2 Å². The minimum atomic E-state index is 0.0116. The Morgan fingerprint density at radius 1 is 1.04 bits per heavy atom. The molecule has 0 aliphatic carbocycles. The van der Waals surface area contributed by atoms with Crippen LogP contribution in [0.2, 0.25) is 0 Å². The van der Waals surface area contributed by atoms with Crippen molar-refractivity contribution in [2.75, 3.05) is 18.1 Å². The molecule has 1 heterocycles. The maximum atomic E-state index is 12.1. The molecule has 0 spiro atoms. The Morgan fingerprint density at radius 2 is 1.71 bits per heavy atom. The Morgan fingerprint density at radius 3 is 2.36 bits per heavy atom. The Hall–Kier alpha value is -2.75. The molecule has 1 N–H and O–H groups in total. The van der Waals surface area contributed by atoms with Gasteiger partial charge in [0.15, 0.2) is 0 Å². The fourth-order valence-corrected chi connectivity index (χ4v) is 3.81. The third kappa shape index (κ3) is 4.75. The van der Waals surface area contributed by atoms with Gasteiger partial charge in [-0.25, -0.2) is 0 Å². The van der Waals surface area contributed by atoms with E-state index in [9.17, 15) is 4.79 Å². The van der Waals surface area contributed by atoms with Gasteiger partial charge in [-0.1, -0.05) is 43.2 Å². The largest absolute Gasteiger partial charge is 0.354 e. The SMILES string of the molecule is CCCCNC(=O)c1ccc(CN2C=CN(c3c(C)cc(C)cc3C)C2)cc1. The van der Waals surface area contributed by atoms with E-state index in [1.807, 2.05) is 24.3 Å². The van der Waals surface area contributed by atoms with Gasteiger partial charge < -0.3 is 15.1 Å². The van der Waals surface area contributed by atoms with Crippen molar-refractivity contribution >= 4 is 11.6 Å². The van der Waals surface area contributed by atoms with E-state index in [1.165, 1.54) is 27.9 Å². The number of carbonyl (C=O) groups is 1. The van der Waals surface area contributed by atoms with Crippen LogP contribution in [-0.4, -0.2) is 24.0 Å². The van der Waals surface area contributed by atoms with E-state index in [0.717, 1.165) is 38.2 Å². The zero-order valence-corrected chi connectivity index (χ0v) is 17.5. The summed E-state index contributed by atoms with van der Waals surface area (Å²) in [6.07, 6.45) is 6.40. The van der Waals surface area contributed by atoms with Crippen molar-refractivity contribution in [1.82, 2.24) is 10.2 Å². The lowest BCUT2D eigenvalue weighted by Crippen LogP contribution is -2.26. The Balaban J connectivity index is 1.59. The van der Waals surface area contributed by atoms with Crippen molar-refractivity contribution in [2.45, 2.75) is 47.1 Å². The quantitative estimate of drug-likeness (QED) is 0.698. The molecule has 0 bridgehead atoms. The van der Waals surface area contributed by atoms with Gasteiger partial charge in [0.25, 0.3) is 5.91 Å². The molecular formula is C24H31N3O. The number of hydrogen-bond donors (Lipinski definition) is 1. The minimum Gasteiger partial charge on any atom is -0.354 e. The number of amides is 1. The average molecular weight is 378 g/mol. The van der Waals surface area contributed by atoms with Crippen molar-refractivity contribution < 1.29 is 4.79 Å². The average Bonchev–Trinajstić information content (AvgIpc) is 3.09. The highest BCUT2D eigenvalue weighted by atomic mass is 16.1. The first-order chi connectivity index (χ1) is 13.5. The van der Waals surface area contributed by atoms with Crippen molar-refractivity contribution in [3.8, 4) is 0 Å². The maximum absolute atomic E-state index is 12.1. The second-order valence-corrected chi connectivity index (χ2v) is 7.71. The molecule has 0 saturated carbocycles. The van der Waals surface area contributed by atoms with Crippen LogP contribution in [0.1, 0.15) is 52.4 Å². The van der Waals surface area contributed by atoms with Crippen LogP contribution in [0.5, 0.6) is 0 Å². The Kier molecular flexibility index (Phi) is 6.40. The summed E-state index contributed by atoms with van der Waals surface area (Å²) in [6.45, 7) is 11.0. The van der Waals surface area contributed by atoms with E-state index in [0.29, 0.717) is 0 Å². The Bertz CT molecular complexity index is 832. The first-order valence-corrected chi connectivity index (χ1v) is 10.1. The minimum absolute atomic E-state index is 0.0116. The maximum Gasteiger partial charge on any atom is 0.251 e. The molecule has 1 aliphatic rings. The zero-order valence-electron chi connectivity index (χ0n) is 17.5. The van der Waals surface area contributed by atoms with E-state index in [-0.39, 0.29) is 5.91 Å². The second-order valence-electron chi connectivity index (χ2n) is 7.71. The van der Waals surface area contributed by atoms with Gasteiger partial charge in [-0.15, -0.1) is 0 Å². The smallest absolute Gasteiger partial charge is 0.251 e. The number of rotatable bonds is 7. The second kappa shape index (κ2) is 8.96. The molecule has 4 heteroatoms. The summed E-state index contributed by atoms with van der Waals surface area (Å²) >= 11 is 0. The van der Waals surface area contributed by atoms with Gasteiger partial charge in [-0.2, -0.15) is 0 Å². The molecule has 2 aromatic rings. The van der Waals surface area contributed by atoms with E-state index in [2.05, 4.69) is 67.3 Å². The van der Waals surface area contributed by atoms with E-state index >= 15 is 0 Å². The summed E-state index contributed by atoms with van der Waals surface area (Å²) in [5.41, 5.74) is 7.14. The van der Waals surface area contributed by atoms with Crippen molar-refractivity contribution in [3.63, 3.8) is 0 Å². The zero-order chi connectivity index (χ0) is 20.1. The molecule has 4 nitrogen and oxygen atoms in total. The van der Waals surface area contributed by atoms with Gasteiger partial charge in [0.1, 0.15) is 0 Å². The standard InChI is InChI=1S/C24H31N3O/c1-5-6-11-25-24(28)22-9-7-21(8-10-22)16-26-12-13-27(17-26)23-19(3)14-18(2)15-20(23)4/h7-10,12-15H,5-6,11,16-17H2,1-4H3,(H,25,28). The summed E-state index contributed by atoms with van der Waals surface area (Å²) in [4.78, 5) is 16.7. The third-order valence-electron chi connectivity index (χ3n) is 5.13. The van der Waals surface area contributed by atoms with Crippen LogP contribution in [-0.2, 0) is 6.54 Å². The van der Waals surface area contributed by atoms with Crippen LogP contribution in [0.15, 0.2) is 48.8 Å². The normalized spacial score (nSPS) is 13.3. The van der Waals surface area contributed by atoms with Gasteiger partial charge in [0.2, 0.25) is 0 Å². The molecule has 0 aromatic heterocycles. The Labute approximate surface area is 168 Å². The van der Waals surface area contributed by atoms with Gasteiger partial charge in [0, 0.05) is 36.7 Å². The van der Waals surface area contributed by atoms with Crippen LogP contribution in [0.3, 0.4) is 0 Å². The molecule has 1 aliphatic heterocycles. The number of hydrogen-bond acceptors (Lipinski definition) is 3. The summed E-state index contributed by atoms with van der Waals surface area (Å²) in [7, 11) is 0. The number of anilines is 1. The monoisotopic (exact) mass is 377 g/mol. The molecule has 148 valence electrons. The van der Waals surface area contributed by atoms with Gasteiger partial charge >= 0.3 is 0 Å². The summed E-state index contributed by atoms with van der Waals surface area (Å²) in [5.74, 6) is 0.0116. The number of carbonyl (C=O) groups excluding carboxylic acids is 1. The number of unbranched alkanes of at least 4 members (excludes halogenated alkanes) is 1. The van der Waals surface area contributed by atoms with E-state index in [4.69, 9.17) is 0 Å². The molecule has 3 rings (SSSR count). The lowest BCUT2D eigenvalue weighted by atomic mass is 10.0. The van der Waals surface area contributed by atoms with Crippen molar-refractivity contribution in [1.29, 1.82) is 0 Å². The number of nitrogens with zero attached hydrogens (tertiary/aromatic N) is 2. The van der Waals surface area contributed by atoms with Crippen molar-refractivity contribution in [3.05, 3.63) is 76.6 Å². The number of benzene rings is 2. The molecule has 0 atom stereocenters. The number of nitrogens with one attached hydrogen (secondary N) is 1. The predicted octanol–water partition coefficient (Wildman–Crippen LogP) is 4.89. The molecule has 2 aromatic carbocycles. The lowest BCUT2D eigenvalue weighted by molar-refractivity contribution is 0.0953. The van der Waals surface area contributed by atoms with Crippen LogP contribution >= 0.6 is 0 Å². The van der Waals surface area contributed by atoms with Crippen LogP contribution in [0, 0.1) is 20.8 Å². The van der Waals surface area contributed by atoms with Crippen LogP contribution in [0.25, 0.3) is 0 Å². The summed E-state index contributed by atoms with van der Waals surface area (Å²) in [6, 6.07) is 12.4. The molecule has 1 amide bonds. The molecule has 0 fully saturated rings. The number of aryl methyl sites for hydroxylation is 3. The highest BCUT2D eigenvalue weighted by Crippen LogP contribution is 2.29. The highest BCUT2D eigenvalue weighted by molar-refractivity contribution is 5.94. The summed E-state index contributed by atoms with van der Waals surface area (Å²) < 4.78 is 0. The molecule has 0 saturated heterocycles. The first-order valence-electron chi connectivity index (χ1n) is 10.1. The van der Waals surface area contributed by atoms with E-state index < -0.39 is 0 Å². The molecule has 28 heavy (non-hydrogen) atoms. The van der Waals surface area contributed by atoms with Gasteiger partial charge in [-0.3, -0.25) is 4.79 Å². The molecular weight excluding hydrogens is 346 g/mol. The topological polar surface area (TPSA) is 35.6 Å². The van der Waals surface area contributed by atoms with Crippen molar-refractivity contribution in [2.24, 2.45) is 0 Å². The lowest BCUT2D eigenvalue weighted by Gasteiger charge is -2.25. The van der Waals surface area contributed by atoms with Crippen LogP contribution in [0.4, 0.5) is 5.69 Å². The van der Waals surface area contributed by atoms with E-state index in [1.54, 1.807) is 0 Å². The molecule has 0 radical (unpaired) electrons. The molecule has 0 unspecified atom stereocenters. The predicted molar refractivity (Wildman–Crippen MR) is 116 cm³/mol. The highest BCUT2D eigenvalue weighted by Gasteiger charge is 2.18.